The van der Waals surface area contributed by atoms with Gasteiger partial charge < -0.3 is 4.90 Å². The fraction of sp³-hybridized carbons (Fsp3) is 0.696. The van der Waals surface area contributed by atoms with Gasteiger partial charge in [-0.1, -0.05) is 59.7 Å². The lowest BCUT2D eigenvalue weighted by Crippen LogP contribution is -2.42. The van der Waals surface area contributed by atoms with Gasteiger partial charge in [0, 0.05) is 25.8 Å². The van der Waals surface area contributed by atoms with Gasteiger partial charge in [0.2, 0.25) is 5.91 Å². The molecule has 0 saturated carbocycles. The Morgan fingerprint density at radius 3 is 1.82 bits per heavy atom. The van der Waals surface area contributed by atoms with E-state index in [1.165, 1.54) is 22.9 Å². The van der Waals surface area contributed by atoms with Crippen LogP contribution in [-0.4, -0.2) is 43.8 Å². The average Bonchev–Trinajstić information content (AvgIpc) is 2.57. The molecule has 1 aliphatic rings. The molecule has 28 heavy (non-hydrogen) atoms. The number of benzene rings is 1. The van der Waals surface area contributed by atoms with E-state index in [-0.39, 0.29) is 22.0 Å². The van der Waals surface area contributed by atoms with Crippen LogP contribution in [-0.2, 0) is 31.9 Å². The highest BCUT2D eigenvalue weighted by Gasteiger charge is 2.28. The molecule has 0 bridgehead atoms. The fourth-order valence-corrected chi connectivity index (χ4v) is 4.71. The van der Waals surface area contributed by atoms with Crippen LogP contribution in [0.1, 0.15) is 77.5 Å². The number of aryl methyl sites for hydroxylation is 1. The van der Waals surface area contributed by atoms with Crippen LogP contribution in [0, 0.1) is 0 Å². The van der Waals surface area contributed by atoms with Gasteiger partial charge in [0.05, 0.1) is 5.25 Å². The maximum atomic E-state index is 12.7. The number of hydrogen-bond donors (Lipinski definition) is 0. The van der Waals surface area contributed by atoms with Crippen LogP contribution < -0.4 is 0 Å². The van der Waals surface area contributed by atoms with Gasteiger partial charge in [-0.3, -0.25) is 4.79 Å². The topological polar surface area (TPSA) is 54.5 Å². The van der Waals surface area contributed by atoms with Gasteiger partial charge >= 0.3 is 0 Å². The molecule has 2 rings (SSSR count). The van der Waals surface area contributed by atoms with Gasteiger partial charge in [0.1, 0.15) is 9.84 Å². The predicted molar refractivity (Wildman–Crippen MR) is 117 cm³/mol. The molecule has 0 spiro atoms. The van der Waals surface area contributed by atoms with Crippen molar-refractivity contribution in [2.24, 2.45) is 0 Å². The Hall–Kier alpha value is -1.36. The zero-order valence-corrected chi connectivity index (χ0v) is 19.4. The van der Waals surface area contributed by atoms with Crippen molar-refractivity contribution in [2.75, 3.05) is 19.3 Å². The molecular weight excluding hydrogens is 370 g/mol. The smallest absolute Gasteiger partial charge is 0.222 e. The predicted octanol–water partition coefficient (Wildman–Crippen LogP) is 4.25. The summed E-state index contributed by atoms with van der Waals surface area (Å²) >= 11 is 0. The van der Waals surface area contributed by atoms with Gasteiger partial charge in [-0.15, -0.1) is 0 Å². The van der Waals surface area contributed by atoms with E-state index in [1.54, 1.807) is 0 Å². The first kappa shape index (κ1) is 22.9. The normalized spacial score (nSPS) is 17.0. The van der Waals surface area contributed by atoms with Crippen molar-refractivity contribution in [3.05, 3.63) is 34.9 Å². The molecule has 0 atom stereocenters. The number of hydrogen-bond acceptors (Lipinski definition) is 3. The number of likely N-dealkylation sites (tertiary alicyclic amines) is 1. The van der Waals surface area contributed by atoms with Gasteiger partial charge in [-0.25, -0.2) is 8.42 Å². The van der Waals surface area contributed by atoms with Gasteiger partial charge in [0.15, 0.2) is 0 Å². The molecule has 158 valence electrons. The first-order chi connectivity index (χ1) is 12.7. The lowest BCUT2D eigenvalue weighted by Gasteiger charge is -2.31. The summed E-state index contributed by atoms with van der Waals surface area (Å²) in [5, 5.41) is -0.297. The number of nitrogens with zero attached hydrogens (tertiary/aromatic N) is 1. The summed E-state index contributed by atoms with van der Waals surface area (Å²) in [6.45, 7) is 14.4. The monoisotopic (exact) mass is 407 g/mol. The van der Waals surface area contributed by atoms with Gasteiger partial charge in [0.25, 0.3) is 0 Å². The third kappa shape index (κ3) is 6.07. The summed E-state index contributed by atoms with van der Waals surface area (Å²) in [7, 11) is -3.01. The molecule has 4 nitrogen and oxygen atoms in total. The second-order valence-electron chi connectivity index (χ2n) is 10.3. The van der Waals surface area contributed by atoms with Crippen molar-refractivity contribution in [1.82, 2.24) is 4.90 Å². The molecule has 0 aliphatic carbocycles. The van der Waals surface area contributed by atoms with Crippen LogP contribution in [0.2, 0.25) is 0 Å². The van der Waals surface area contributed by atoms with Gasteiger partial charge in [-0.05, 0) is 46.8 Å². The zero-order valence-electron chi connectivity index (χ0n) is 18.6. The Bertz CT molecular complexity index is 773. The van der Waals surface area contributed by atoms with E-state index in [9.17, 15) is 13.2 Å². The van der Waals surface area contributed by atoms with Crippen LogP contribution in [0.3, 0.4) is 0 Å². The Morgan fingerprint density at radius 1 is 0.964 bits per heavy atom. The SMILES string of the molecule is CC(C)(C)c1cc(CCC(=O)N2CCC(S(C)(=O)=O)CC2)cc(C(C)(C)C)c1. The van der Waals surface area contributed by atoms with Crippen molar-refractivity contribution in [3.8, 4) is 0 Å². The molecule has 0 radical (unpaired) electrons. The quantitative estimate of drug-likeness (QED) is 0.750. The summed E-state index contributed by atoms with van der Waals surface area (Å²) < 4.78 is 23.4. The molecule has 1 amide bonds. The summed E-state index contributed by atoms with van der Waals surface area (Å²) in [6, 6.07) is 6.76. The minimum absolute atomic E-state index is 0.0630. The molecule has 1 fully saturated rings. The third-order valence-electron chi connectivity index (χ3n) is 5.75. The van der Waals surface area contributed by atoms with E-state index in [4.69, 9.17) is 0 Å². The fourth-order valence-electron chi connectivity index (χ4n) is 3.65. The van der Waals surface area contributed by atoms with E-state index in [1.807, 2.05) is 4.90 Å². The summed E-state index contributed by atoms with van der Waals surface area (Å²) in [4.78, 5) is 14.5. The maximum Gasteiger partial charge on any atom is 0.222 e. The molecule has 0 unspecified atom stereocenters. The summed E-state index contributed by atoms with van der Waals surface area (Å²) in [5.74, 6) is 0.130. The molecule has 1 aliphatic heterocycles. The molecule has 5 heteroatoms. The van der Waals surface area contributed by atoms with Crippen molar-refractivity contribution in [3.63, 3.8) is 0 Å². The number of amides is 1. The highest BCUT2D eigenvalue weighted by Crippen LogP contribution is 2.31. The number of carbonyl (C=O) groups is 1. The van der Waals surface area contributed by atoms with Crippen molar-refractivity contribution < 1.29 is 13.2 Å². The number of rotatable bonds is 4. The van der Waals surface area contributed by atoms with Crippen LogP contribution in [0.15, 0.2) is 18.2 Å². The highest BCUT2D eigenvalue weighted by molar-refractivity contribution is 7.91. The number of carbonyl (C=O) groups excluding carboxylic acids is 1. The minimum atomic E-state index is -3.01. The van der Waals surface area contributed by atoms with E-state index < -0.39 is 9.84 Å². The largest absolute Gasteiger partial charge is 0.343 e. The molecule has 1 heterocycles. The molecule has 1 aromatic carbocycles. The van der Waals surface area contributed by atoms with Crippen molar-refractivity contribution in [2.45, 2.75) is 83.3 Å². The second kappa shape index (κ2) is 8.17. The third-order valence-corrected chi connectivity index (χ3v) is 7.43. The molecule has 1 aromatic rings. The second-order valence-corrected chi connectivity index (χ2v) is 12.7. The van der Waals surface area contributed by atoms with E-state index in [0.29, 0.717) is 32.4 Å². The minimum Gasteiger partial charge on any atom is -0.343 e. The van der Waals surface area contributed by atoms with Crippen LogP contribution >= 0.6 is 0 Å². The van der Waals surface area contributed by atoms with Crippen LogP contribution in [0.5, 0.6) is 0 Å². The molecular formula is C23H37NO3S. The Morgan fingerprint density at radius 2 is 1.43 bits per heavy atom. The lowest BCUT2D eigenvalue weighted by molar-refractivity contribution is -0.132. The highest BCUT2D eigenvalue weighted by atomic mass is 32.2. The number of sulfone groups is 1. The Kier molecular flexibility index (Phi) is 6.69. The van der Waals surface area contributed by atoms with Crippen LogP contribution in [0.4, 0.5) is 0 Å². The summed E-state index contributed by atoms with van der Waals surface area (Å²) in [5.41, 5.74) is 3.94. The molecule has 0 N–H and O–H groups in total. The maximum absolute atomic E-state index is 12.7. The zero-order chi connectivity index (χ0) is 21.3. The first-order valence-corrected chi connectivity index (χ1v) is 12.2. The average molecular weight is 408 g/mol. The van der Waals surface area contributed by atoms with E-state index in [0.717, 1.165) is 6.42 Å². The molecule has 1 saturated heterocycles. The molecule has 0 aromatic heterocycles. The first-order valence-electron chi connectivity index (χ1n) is 10.3. The standard InChI is InChI=1S/C23H37NO3S/c1-22(2,3)18-14-17(15-19(16-18)23(4,5)6)8-9-21(25)24-12-10-20(11-13-24)28(7,26)27/h14-16,20H,8-13H2,1-7H3. The van der Waals surface area contributed by atoms with E-state index in [2.05, 4.69) is 59.7 Å². The Balaban J connectivity index is 2.07. The van der Waals surface area contributed by atoms with Crippen LogP contribution in [0.25, 0.3) is 0 Å². The van der Waals surface area contributed by atoms with E-state index >= 15 is 0 Å². The lowest BCUT2D eigenvalue weighted by atomic mass is 9.79. The Labute approximate surface area is 171 Å². The van der Waals surface area contributed by atoms with Gasteiger partial charge in [-0.2, -0.15) is 0 Å². The van der Waals surface area contributed by atoms with Crippen molar-refractivity contribution in [1.29, 1.82) is 0 Å². The van der Waals surface area contributed by atoms with Crippen molar-refractivity contribution >= 4 is 15.7 Å². The summed E-state index contributed by atoms with van der Waals surface area (Å²) in [6.07, 6.45) is 3.60. The number of piperidine rings is 1.